The Bertz CT molecular complexity index is 445. The molecule has 1 heterocycles. The van der Waals surface area contributed by atoms with E-state index in [9.17, 15) is 9.59 Å². The molecule has 0 saturated carbocycles. The van der Waals surface area contributed by atoms with Crippen molar-refractivity contribution in [3.63, 3.8) is 0 Å². The summed E-state index contributed by atoms with van der Waals surface area (Å²) in [5, 5.41) is 24.8. The lowest BCUT2D eigenvalue weighted by Crippen LogP contribution is -2.43. The lowest BCUT2D eigenvalue weighted by molar-refractivity contribution is -0.146. The summed E-state index contributed by atoms with van der Waals surface area (Å²) in [5.41, 5.74) is -0.161. The number of amides is 2. The molecule has 2 amide bonds. The maximum absolute atomic E-state index is 11.6. The third-order valence-electron chi connectivity index (χ3n) is 2.87. The van der Waals surface area contributed by atoms with Crippen LogP contribution < -0.4 is 10.6 Å². The van der Waals surface area contributed by atoms with Crippen LogP contribution >= 0.6 is 11.3 Å². The highest BCUT2D eigenvalue weighted by Gasteiger charge is 2.22. The minimum atomic E-state index is -1.45. The van der Waals surface area contributed by atoms with Crippen LogP contribution in [0.4, 0.5) is 4.79 Å². The molecule has 7 heteroatoms. The summed E-state index contributed by atoms with van der Waals surface area (Å²) in [7, 11) is 0. The Hall–Kier alpha value is -1.60. The Kier molecular flexibility index (Phi) is 5.97. The highest BCUT2D eigenvalue weighted by molar-refractivity contribution is 7.10. The molecule has 0 aliphatic carbocycles. The molecular weight excluding hydrogens is 280 g/mol. The number of carboxylic acid groups (broad SMARTS) is 1. The number of rotatable bonds is 7. The van der Waals surface area contributed by atoms with Gasteiger partial charge >= 0.3 is 12.0 Å². The third kappa shape index (κ3) is 5.18. The molecule has 1 rings (SSSR count). The Morgan fingerprint density at radius 1 is 1.40 bits per heavy atom. The van der Waals surface area contributed by atoms with Crippen LogP contribution in [0.25, 0.3) is 0 Å². The van der Waals surface area contributed by atoms with Crippen LogP contribution in [0.3, 0.4) is 0 Å². The molecular formula is C13H20N2O4S. The molecule has 1 aromatic rings. The summed E-state index contributed by atoms with van der Waals surface area (Å²) in [5.74, 6) is -1.29. The maximum atomic E-state index is 11.6. The van der Waals surface area contributed by atoms with Gasteiger partial charge in [-0.25, -0.2) is 9.59 Å². The van der Waals surface area contributed by atoms with E-state index >= 15 is 0 Å². The van der Waals surface area contributed by atoms with E-state index in [4.69, 9.17) is 10.2 Å². The van der Waals surface area contributed by atoms with Gasteiger partial charge in [-0.3, -0.25) is 0 Å². The van der Waals surface area contributed by atoms with Gasteiger partial charge in [-0.1, -0.05) is 19.9 Å². The molecule has 20 heavy (non-hydrogen) atoms. The van der Waals surface area contributed by atoms with Gasteiger partial charge in [0.25, 0.3) is 0 Å². The van der Waals surface area contributed by atoms with Crippen LogP contribution in [0.2, 0.25) is 0 Å². The van der Waals surface area contributed by atoms with E-state index in [1.165, 1.54) is 4.88 Å². The number of urea groups is 1. The third-order valence-corrected chi connectivity index (χ3v) is 4.10. The Morgan fingerprint density at radius 3 is 2.65 bits per heavy atom. The molecule has 0 aromatic carbocycles. The minimum absolute atomic E-state index is 0.0168. The van der Waals surface area contributed by atoms with E-state index in [1.54, 1.807) is 11.3 Å². The largest absolute Gasteiger partial charge is 0.479 e. The first-order valence-electron chi connectivity index (χ1n) is 6.29. The number of aliphatic carboxylic acids is 1. The van der Waals surface area contributed by atoms with E-state index in [0.717, 1.165) is 0 Å². The zero-order chi connectivity index (χ0) is 15.2. The second kappa shape index (κ2) is 7.25. The molecule has 0 aliphatic rings. The van der Waals surface area contributed by atoms with Crippen molar-refractivity contribution in [1.29, 1.82) is 0 Å². The van der Waals surface area contributed by atoms with Crippen LogP contribution in [0.1, 0.15) is 25.1 Å². The van der Waals surface area contributed by atoms with Gasteiger partial charge in [0.15, 0.2) is 6.10 Å². The summed E-state index contributed by atoms with van der Waals surface area (Å²) < 4.78 is 0. The van der Waals surface area contributed by atoms with Crippen molar-refractivity contribution in [1.82, 2.24) is 10.6 Å². The second-order valence-corrected chi connectivity index (χ2v) is 6.06. The molecule has 1 atom stereocenters. The lowest BCUT2D eigenvalue weighted by atomic mass is 9.91. The molecule has 0 spiro atoms. The number of nitrogens with one attached hydrogen (secondary N) is 2. The number of aliphatic hydroxyl groups excluding tert-OH is 1. The molecule has 112 valence electrons. The van der Waals surface area contributed by atoms with Crippen LogP contribution in [-0.2, 0) is 10.2 Å². The van der Waals surface area contributed by atoms with Crippen molar-refractivity contribution in [2.24, 2.45) is 0 Å². The number of hydrogen-bond acceptors (Lipinski definition) is 4. The van der Waals surface area contributed by atoms with Crippen molar-refractivity contribution in [2.75, 3.05) is 13.1 Å². The zero-order valence-corrected chi connectivity index (χ0v) is 12.4. The predicted molar refractivity (Wildman–Crippen MR) is 77.0 cm³/mol. The molecule has 4 N–H and O–H groups in total. The zero-order valence-electron chi connectivity index (χ0n) is 11.5. The van der Waals surface area contributed by atoms with Gasteiger partial charge < -0.3 is 20.8 Å². The van der Waals surface area contributed by atoms with Gasteiger partial charge in [-0.15, -0.1) is 11.3 Å². The topological polar surface area (TPSA) is 98.7 Å². The molecule has 0 saturated heterocycles. The first-order chi connectivity index (χ1) is 9.33. The van der Waals surface area contributed by atoms with Gasteiger partial charge in [-0.2, -0.15) is 0 Å². The fourth-order valence-electron chi connectivity index (χ4n) is 1.56. The van der Waals surface area contributed by atoms with Gasteiger partial charge in [0.2, 0.25) is 0 Å². The summed E-state index contributed by atoms with van der Waals surface area (Å²) in [6, 6.07) is 3.62. The highest BCUT2D eigenvalue weighted by atomic mass is 32.1. The molecule has 0 bridgehead atoms. The van der Waals surface area contributed by atoms with E-state index in [1.807, 2.05) is 31.4 Å². The average molecular weight is 300 g/mol. The van der Waals surface area contributed by atoms with Crippen molar-refractivity contribution in [2.45, 2.75) is 31.8 Å². The first-order valence-corrected chi connectivity index (χ1v) is 7.17. The summed E-state index contributed by atoms with van der Waals surface area (Å²) in [6.45, 7) is 4.65. The van der Waals surface area contributed by atoms with E-state index in [0.29, 0.717) is 6.54 Å². The smallest absolute Gasteiger partial charge is 0.332 e. The van der Waals surface area contributed by atoms with Gasteiger partial charge in [0.05, 0.1) is 0 Å². The fourth-order valence-corrected chi connectivity index (χ4v) is 2.41. The van der Waals surface area contributed by atoms with E-state index in [2.05, 4.69) is 10.6 Å². The SMILES string of the molecule is CC(C)(CNC(=O)NCCC(O)C(=O)O)c1cccs1. The molecule has 0 aliphatic heterocycles. The van der Waals surface area contributed by atoms with E-state index < -0.39 is 12.1 Å². The van der Waals surface area contributed by atoms with Crippen LogP contribution in [0.15, 0.2) is 17.5 Å². The van der Waals surface area contributed by atoms with Gasteiger partial charge in [0.1, 0.15) is 0 Å². The molecule has 6 nitrogen and oxygen atoms in total. The Morgan fingerprint density at radius 2 is 2.10 bits per heavy atom. The number of aliphatic hydroxyl groups is 1. The summed E-state index contributed by atoms with van der Waals surface area (Å²) in [6.07, 6.45) is -1.46. The number of hydrogen-bond donors (Lipinski definition) is 4. The molecule has 0 radical (unpaired) electrons. The molecule has 1 aromatic heterocycles. The Labute approximate surface area is 121 Å². The maximum Gasteiger partial charge on any atom is 0.332 e. The second-order valence-electron chi connectivity index (χ2n) is 5.11. The number of carboxylic acids is 1. The van der Waals surface area contributed by atoms with Crippen molar-refractivity contribution >= 4 is 23.3 Å². The van der Waals surface area contributed by atoms with Crippen molar-refractivity contribution in [3.8, 4) is 0 Å². The van der Waals surface area contributed by atoms with Gasteiger partial charge in [-0.05, 0) is 11.4 Å². The highest BCUT2D eigenvalue weighted by Crippen LogP contribution is 2.26. The summed E-state index contributed by atoms with van der Waals surface area (Å²) in [4.78, 5) is 23.1. The first kappa shape index (κ1) is 16.5. The van der Waals surface area contributed by atoms with E-state index in [-0.39, 0.29) is 24.4 Å². The molecule has 0 fully saturated rings. The number of carbonyl (C=O) groups excluding carboxylic acids is 1. The molecule has 1 unspecified atom stereocenters. The Balaban J connectivity index is 2.28. The summed E-state index contributed by atoms with van der Waals surface area (Å²) >= 11 is 1.64. The quantitative estimate of drug-likeness (QED) is 0.607. The van der Waals surface area contributed by atoms with Crippen LogP contribution in [-0.4, -0.2) is 41.4 Å². The van der Waals surface area contributed by atoms with Crippen LogP contribution in [0.5, 0.6) is 0 Å². The van der Waals surface area contributed by atoms with Crippen molar-refractivity contribution < 1.29 is 19.8 Å². The van der Waals surface area contributed by atoms with Crippen molar-refractivity contribution in [3.05, 3.63) is 22.4 Å². The average Bonchev–Trinajstić information content (AvgIpc) is 2.90. The standard InChI is InChI=1S/C13H20N2O4S/c1-13(2,10-4-3-7-20-10)8-15-12(19)14-6-5-9(16)11(17)18/h3-4,7,9,16H,5-6,8H2,1-2H3,(H,17,18)(H2,14,15,19). The monoisotopic (exact) mass is 300 g/mol. The lowest BCUT2D eigenvalue weighted by Gasteiger charge is -2.23. The normalized spacial score (nSPS) is 12.8. The number of carbonyl (C=O) groups is 2. The predicted octanol–water partition coefficient (Wildman–Crippen LogP) is 1.16. The number of thiophene rings is 1. The fraction of sp³-hybridized carbons (Fsp3) is 0.538. The van der Waals surface area contributed by atoms with Crippen LogP contribution in [0, 0.1) is 0 Å². The minimum Gasteiger partial charge on any atom is -0.479 e. The van der Waals surface area contributed by atoms with Gasteiger partial charge in [0, 0.05) is 29.8 Å².